The summed E-state index contributed by atoms with van der Waals surface area (Å²) in [6.07, 6.45) is 6.30. The molecule has 0 spiro atoms. The molecule has 0 aliphatic heterocycles. The summed E-state index contributed by atoms with van der Waals surface area (Å²) in [4.78, 5) is 29.3. The molecular weight excluding hydrogens is 349 g/mol. The number of amides is 2. The number of nitrogens with one attached hydrogen (secondary N) is 1. The maximum absolute atomic E-state index is 12.0. The van der Waals surface area contributed by atoms with E-state index in [1.807, 2.05) is 6.07 Å². The van der Waals surface area contributed by atoms with Crippen LogP contribution in [0.15, 0.2) is 48.8 Å². The number of halogens is 2. The minimum Gasteiger partial charge on any atom is -0.333 e. The number of benzene rings is 1. The second kappa shape index (κ2) is 8.47. The van der Waals surface area contributed by atoms with E-state index in [0.717, 1.165) is 5.56 Å². The van der Waals surface area contributed by atoms with Gasteiger partial charge >= 0.3 is 0 Å². The SMILES string of the molecule is CN(CC(=O)Nc1c(Cl)cccc1Cl)C(=O)/C=C/c1cccnc1. The zero-order chi connectivity index (χ0) is 17.5. The first-order valence-electron chi connectivity index (χ1n) is 7.04. The van der Waals surface area contributed by atoms with Crippen LogP contribution >= 0.6 is 23.2 Å². The van der Waals surface area contributed by atoms with Crippen LogP contribution in [0.5, 0.6) is 0 Å². The van der Waals surface area contributed by atoms with Gasteiger partial charge in [0.05, 0.1) is 22.3 Å². The molecule has 0 aliphatic carbocycles. The number of carbonyl (C=O) groups excluding carboxylic acids is 2. The van der Waals surface area contributed by atoms with Crippen molar-refractivity contribution in [1.29, 1.82) is 0 Å². The van der Waals surface area contributed by atoms with Gasteiger partial charge in [-0.15, -0.1) is 0 Å². The van der Waals surface area contributed by atoms with Crippen molar-refractivity contribution in [2.45, 2.75) is 0 Å². The highest BCUT2D eigenvalue weighted by Crippen LogP contribution is 2.29. The highest BCUT2D eigenvalue weighted by molar-refractivity contribution is 6.39. The zero-order valence-electron chi connectivity index (χ0n) is 12.9. The highest BCUT2D eigenvalue weighted by atomic mass is 35.5. The summed E-state index contributed by atoms with van der Waals surface area (Å²) in [5.74, 6) is -0.699. The molecule has 2 amide bonds. The number of pyridine rings is 1. The molecule has 1 aromatic carbocycles. The number of nitrogens with zero attached hydrogens (tertiary/aromatic N) is 2. The van der Waals surface area contributed by atoms with Gasteiger partial charge in [0.15, 0.2) is 0 Å². The molecule has 24 heavy (non-hydrogen) atoms. The van der Waals surface area contributed by atoms with Crippen molar-refractivity contribution in [2.75, 3.05) is 18.9 Å². The monoisotopic (exact) mass is 363 g/mol. The van der Waals surface area contributed by atoms with Crippen molar-refractivity contribution in [3.63, 3.8) is 0 Å². The molecular formula is C17H15Cl2N3O2. The normalized spacial score (nSPS) is 10.6. The van der Waals surface area contributed by atoms with E-state index < -0.39 is 5.91 Å². The molecule has 7 heteroatoms. The number of hydrogen-bond acceptors (Lipinski definition) is 3. The van der Waals surface area contributed by atoms with Crippen molar-refractivity contribution >= 4 is 46.8 Å². The summed E-state index contributed by atoms with van der Waals surface area (Å²) in [7, 11) is 1.53. The predicted octanol–water partition coefficient (Wildman–Crippen LogP) is 3.50. The minimum atomic E-state index is -0.393. The second-order valence-electron chi connectivity index (χ2n) is 4.96. The van der Waals surface area contributed by atoms with Crippen LogP contribution < -0.4 is 5.32 Å². The quantitative estimate of drug-likeness (QED) is 0.826. The first-order chi connectivity index (χ1) is 11.5. The summed E-state index contributed by atoms with van der Waals surface area (Å²) in [5.41, 5.74) is 1.13. The van der Waals surface area contributed by atoms with Crippen LogP contribution in [0, 0.1) is 0 Å². The van der Waals surface area contributed by atoms with E-state index >= 15 is 0 Å². The molecule has 0 radical (unpaired) electrons. The Morgan fingerprint density at radius 1 is 1.21 bits per heavy atom. The van der Waals surface area contributed by atoms with E-state index in [1.54, 1.807) is 42.7 Å². The third kappa shape index (κ3) is 5.08. The molecule has 5 nitrogen and oxygen atoms in total. The third-order valence-corrected chi connectivity index (χ3v) is 3.72. The van der Waals surface area contributed by atoms with Gasteiger partial charge in [0.2, 0.25) is 11.8 Å². The van der Waals surface area contributed by atoms with Crippen LogP contribution in [-0.4, -0.2) is 35.3 Å². The Kier molecular flexibility index (Phi) is 6.35. The minimum absolute atomic E-state index is 0.127. The molecule has 1 aromatic heterocycles. The fraction of sp³-hybridized carbons (Fsp3) is 0.118. The largest absolute Gasteiger partial charge is 0.333 e. The third-order valence-electron chi connectivity index (χ3n) is 3.09. The Labute approximate surface area is 149 Å². The van der Waals surface area contributed by atoms with Crippen LogP contribution in [0.3, 0.4) is 0 Å². The summed E-state index contributed by atoms with van der Waals surface area (Å²) >= 11 is 12.0. The topological polar surface area (TPSA) is 62.3 Å². The molecule has 2 rings (SSSR count). The number of aromatic nitrogens is 1. The van der Waals surface area contributed by atoms with Crippen molar-refractivity contribution in [1.82, 2.24) is 9.88 Å². The number of anilines is 1. The molecule has 0 aliphatic rings. The average molecular weight is 364 g/mol. The van der Waals surface area contributed by atoms with Crippen molar-refractivity contribution in [3.8, 4) is 0 Å². The number of hydrogen-bond donors (Lipinski definition) is 1. The molecule has 0 unspecified atom stereocenters. The molecule has 0 atom stereocenters. The van der Waals surface area contributed by atoms with Gasteiger partial charge in [0, 0.05) is 25.5 Å². The van der Waals surface area contributed by atoms with E-state index in [1.165, 1.54) is 18.0 Å². The average Bonchev–Trinajstić information content (AvgIpc) is 2.57. The van der Waals surface area contributed by atoms with Crippen LogP contribution in [0.1, 0.15) is 5.56 Å². The van der Waals surface area contributed by atoms with Gasteiger partial charge in [-0.05, 0) is 29.8 Å². The summed E-state index contributed by atoms with van der Waals surface area (Å²) < 4.78 is 0. The molecule has 1 N–H and O–H groups in total. The van der Waals surface area contributed by atoms with E-state index in [-0.39, 0.29) is 12.5 Å². The van der Waals surface area contributed by atoms with Gasteiger partial charge < -0.3 is 10.2 Å². The van der Waals surface area contributed by atoms with Crippen molar-refractivity contribution < 1.29 is 9.59 Å². The fourth-order valence-corrected chi connectivity index (χ4v) is 2.35. The first kappa shape index (κ1) is 18.0. The van der Waals surface area contributed by atoms with Gasteiger partial charge in [-0.3, -0.25) is 14.6 Å². The summed E-state index contributed by atoms with van der Waals surface area (Å²) in [5, 5.41) is 3.28. The van der Waals surface area contributed by atoms with E-state index in [9.17, 15) is 9.59 Å². The Bertz CT molecular complexity index is 743. The first-order valence-corrected chi connectivity index (χ1v) is 7.80. The summed E-state index contributed by atoms with van der Waals surface area (Å²) in [6.45, 7) is -0.127. The van der Waals surface area contributed by atoms with Gasteiger partial charge in [0.25, 0.3) is 0 Å². The van der Waals surface area contributed by atoms with Crippen LogP contribution in [-0.2, 0) is 9.59 Å². The van der Waals surface area contributed by atoms with Gasteiger partial charge in [-0.1, -0.05) is 35.3 Å². The van der Waals surface area contributed by atoms with E-state index in [2.05, 4.69) is 10.3 Å². The standard InChI is InChI=1S/C17H15Cl2N3O2/c1-22(16(24)8-7-12-4-3-9-20-10-12)11-15(23)21-17-13(18)5-2-6-14(17)19/h2-10H,11H2,1H3,(H,21,23)/b8-7+. The van der Waals surface area contributed by atoms with Crippen LogP contribution in [0.2, 0.25) is 10.0 Å². The predicted molar refractivity (Wildman–Crippen MR) is 96.0 cm³/mol. The van der Waals surface area contributed by atoms with Gasteiger partial charge in [0.1, 0.15) is 0 Å². The molecule has 0 saturated carbocycles. The lowest BCUT2D eigenvalue weighted by atomic mass is 10.2. The Morgan fingerprint density at radius 2 is 1.92 bits per heavy atom. The number of carbonyl (C=O) groups is 2. The van der Waals surface area contributed by atoms with Crippen LogP contribution in [0.4, 0.5) is 5.69 Å². The Morgan fingerprint density at radius 3 is 2.54 bits per heavy atom. The fourth-order valence-electron chi connectivity index (χ4n) is 1.86. The molecule has 0 saturated heterocycles. The second-order valence-corrected chi connectivity index (χ2v) is 5.77. The lowest BCUT2D eigenvalue weighted by molar-refractivity contribution is -0.129. The lowest BCUT2D eigenvalue weighted by Gasteiger charge is -2.15. The van der Waals surface area contributed by atoms with Crippen molar-refractivity contribution in [2.24, 2.45) is 0 Å². The Hall–Kier alpha value is -2.37. The van der Waals surface area contributed by atoms with Crippen molar-refractivity contribution in [3.05, 3.63) is 64.4 Å². The molecule has 0 fully saturated rings. The van der Waals surface area contributed by atoms with Gasteiger partial charge in [-0.2, -0.15) is 0 Å². The molecule has 124 valence electrons. The number of para-hydroxylation sites is 1. The maximum atomic E-state index is 12.0. The van der Waals surface area contributed by atoms with Gasteiger partial charge in [-0.25, -0.2) is 0 Å². The lowest BCUT2D eigenvalue weighted by Crippen LogP contribution is -2.34. The zero-order valence-corrected chi connectivity index (χ0v) is 14.4. The molecule has 1 heterocycles. The number of likely N-dealkylation sites (N-methyl/N-ethyl adjacent to an activating group) is 1. The maximum Gasteiger partial charge on any atom is 0.246 e. The highest BCUT2D eigenvalue weighted by Gasteiger charge is 2.13. The van der Waals surface area contributed by atoms with E-state index in [0.29, 0.717) is 15.7 Å². The molecule has 2 aromatic rings. The Balaban J connectivity index is 1.93. The van der Waals surface area contributed by atoms with Crippen LogP contribution in [0.25, 0.3) is 6.08 Å². The van der Waals surface area contributed by atoms with E-state index in [4.69, 9.17) is 23.2 Å². The molecule has 0 bridgehead atoms. The number of rotatable bonds is 5. The summed E-state index contributed by atoms with van der Waals surface area (Å²) in [6, 6.07) is 8.51. The smallest absolute Gasteiger partial charge is 0.246 e.